The molecule has 0 aliphatic carbocycles. The minimum atomic E-state index is -1.54. The van der Waals surface area contributed by atoms with E-state index in [4.69, 9.17) is 0 Å². The fourth-order valence-electron chi connectivity index (χ4n) is 4.33. The van der Waals surface area contributed by atoms with Gasteiger partial charge in [0.05, 0.1) is 12.5 Å². The van der Waals surface area contributed by atoms with Crippen molar-refractivity contribution in [3.63, 3.8) is 0 Å². The van der Waals surface area contributed by atoms with Gasteiger partial charge in [0.25, 0.3) is 0 Å². The molecule has 13 heteroatoms. The highest BCUT2D eigenvalue weighted by molar-refractivity contribution is 7.98. The minimum Gasteiger partial charge on any atom is -0.481 e. The Morgan fingerprint density at radius 3 is 2.39 bits per heavy atom. The van der Waals surface area contributed by atoms with Crippen LogP contribution in [-0.4, -0.2) is 87.6 Å². The number of carboxylic acid groups (broad SMARTS) is 2. The van der Waals surface area contributed by atoms with Crippen molar-refractivity contribution in [1.29, 1.82) is 0 Å². The van der Waals surface area contributed by atoms with Crippen LogP contribution in [0.1, 0.15) is 31.2 Å². The molecule has 206 valence electrons. The molecule has 1 aliphatic rings. The molecule has 38 heavy (non-hydrogen) atoms. The van der Waals surface area contributed by atoms with E-state index in [-0.39, 0.29) is 18.7 Å². The van der Waals surface area contributed by atoms with Gasteiger partial charge in [0, 0.05) is 23.5 Å². The zero-order valence-electron chi connectivity index (χ0n) is 21.0. The van der Waals surface area contributed by atoms with Crippen molar-refractivity contribution in [2.75, 3.05) is 18.6 Å². The number of thioether (sulfide) groups is 1. The molecule has 3 amide bonds. The van der Waals surface area contributed by atoms with Crippen molar-refractivity contribution in [3.8, 4) is 0 Å². The van der Waals surface area contributed by atoms with Crippen LogP contribution in [0.2, 0.25) is 0 Å². The number of amides is 3. The quantitative estimate of drug-likeness (QED) is 0.174. The second-order valence-corrected chi connectivity index (χ2v) is 10.1. The van der Waals surface area contributed by atoms with Gasteiger partial charge in [-0.1, -0.05) is 18.2 Å². The lowest BCUT2D eigenvalue weighted by atomic mass is 10.0. The first-order valence-corrected chi connectivity index (χ1v) is 13.7. The van der Waals surface area contributed by atoms with Crippen molar-refractivity contribution < 1.29 is 34.2 Å². The van der Waals surface area contributed by atoms with E-state index in [0.717, 1.165) is 22.9 Å². The fourth-order valence-corrected chi connectivity index (χ4v) is 4.80. The minimum absolute atomic E-state index is 0.0845. The van der Waals surface area contributed by atoms with E-state index in [1.54, 1.807) is 12.5 Å². The van der Waals surface area contributed by atoms with Crippen LogP contribution in [0.25, 0.3) is 10.9 Å². The third kappa shape index (κ3) is 7.96. The largest absolute Gasteiger partial charge is 0.481 e. The second kappa shape index (κ2) is 13.8. The fraction of sp³-hybridized carbons (Fsp3) is 0.480. The lowest BCUT2D eigenvalue weighted by Gasteiger charge is -2.24. The Morgan fingerprint density at radius 1 is 1.03 bits per heavy atom. The van der Waals surface area contributed by atoms with Crippen LogP contribution in [0.4, 0.5) is 0 Å². The van der Waals surface area contributed by atoms with Crippen molar-refractivity contribution >= 4 is 52.3 Å². The van der Waals surface area contributed by atoms with Gasteiger partial charge in [0.1, 0.15) is 18.1 Å². The number of para-hydroxylation sites is 1. The number of carboxylic acids is 2. The van der Waals surface area contributed by atoms with Gasteiger partial charge in [0.15, 0.2) is 0 Å². The molecule has 0 bridgehead atoms. The molecule has 4 atom stereocenters. The first kappa shape index (κ1) is 29.0. The Morgan fingerprint density at radius 2 is 1.74 bits per heavy atom. The second-order valence-electron chi connectivity index (χ2n) is 9.11. The van der Waals surface area contributed by atoms with E-state index >= 15 is 0 Å². The van der Waals surface area contributed by atoms with Crippen LogP contribution in [0.15, 0.2) is 30.5 Å². The summed E-state index contributed by atoms with van der Waals surface area (Å²) in [6.45, 7) is 0.680. The number of rotatable bonds is 14. The smallest absolute Gasteiger partial charge is 0.326 e. The van der Waals surface area contributed by atoms with E-state index in [1.165, 1.54) is 11.8 Å². The van der Waals surface area contributed by atoms with Gasteiger partial charge in [0.2, 0.25) is 17.7 Å². The number of aromatic amines is 1. The van der Waals surface area contributed by atoms with Gasteiger partial charge < -0.3 is 36.5 Å². The average Bonchev–Trinajstić information content (AvgIpc) is 3.56. The topological polar surface area (TPSA) is 190 Å². The molecule has 4 unspecified atom stereocenters. The first-order valence-electron chi connectivity index (χ1n) is 12.3. The van der Waals surface area contributed by atoms with Crippen molar-refractivity contribution in [2.45, 2.75) is 56.3 Å². The monoisotopic (exact) mass is 547 g/mol. The van der Waals surface area contributed by atoms with Gasteiger partial charge in [-0.15, -0.1) is 0 Å². The molecule has 1 aliphatic heterocycles. The average molecular weight is 548 g/mol. The molecule has 0 radical (unpaired) electrons. The van der Waals surface area contributed by atoms with Crippen LogP contribution >= 0.6 is 11.8 Å². The number of hydrogen-bond donors (Lipinski definition) is 7. The molecule has 1 aromatic carbocycles. The molecule has 0 saturated carbocycles. The Kier molecular flexibility index (Phi) is 10.5. The lowest BCUT2D eigenvalue weighted by molar-refractivity contribution is -0.143. The lowest BCUT2D eigenvalue weighted by Crippen LogP contribution is -2.58. The number of aliphatic carboxylic acids is 2. The first-order chi connectivity index (χ1) is 18.2. The number of H-pyrrole nitrogens is 1. The van der Waals surface area contributed by atoms with Crippen LogP contribution in [-0.2, 0) is 30.4 Å². The molecule has 1 fully saturated rings. The third-order valence-corrected chi connectivity index (χ3v) is 6.99. The van der Waals surface area contributed by atoms with E-state index in [2.05, 4.69) is 26.3 Å². The van der Waals surface area contributed by atoms with Crippen LogP contribution in [0.3, 0.4) is 0 Å². The molecule has 7 N–H and O–H groups in total. The Hall–Kier alpha value is -3.58. The predicted molar refractivity (Wildman–Crippen MR) is 142 cm³/mol. The molecule has 1 aromatic heterocycles. The van der Waals surface area contributed by atoms with Crippen molar-refractivity contribution in [2.24, 2.45) is 0 Å². The van der Waals surface area contributed by atoms with E-state index < -0.39 is 54.3 Å². The molecular weight excluding hydrogens is 514 g/mol. The van der Waals surface area contributed by atoms with E-state index in [9.17, 15) is 34.2 Å². The molecule has 2 aromatic rings. The predicted octanol–water partition coefficient (Wildman–Crippen LogP) is 0.229. The normalized spacial score (nSPS) is 17.3. The van der Waals surface area contributed by atoms with E-state index in [1.807, 2.05) is 24.3 Å². The highest BCUT2D eigenvalue weighted by Crippen LogP contribution is 2.19. The summed E-state index contributed by atoms with van der Waals surface area (Å²) >= 11 is 1.40. The van der Waals surface area contributed by atoms with Crippen LogP contribution in [0.5, 0.6) is 0 Å². The zero-order valence-corrected chi connectivity index (χ0v) is 21.8. The molecule has 12 nitrogen and oxygen atoms in total. The summed E-state index contributed by atoms with van der Waals surface area (Å²) in [6.07, 6.45) is 4.41. The summed E-state index contributed by atoms with van der Waals surface area (Å²) in [5, 5.41) is 30.2. The maximum Gasteiger partial charge on any atom is 0.326 e. The zero-order chi connectivity index (χ0) is 27.7. The summed E-state index contributed by atoms with van der Waals surface area (Å²) in [7, 11) is 0. The molecule has 3 rings (SSSR count). The van der Waals surface area contributed by atoms with Gasteiger partial charge in [-0.25, -0.2) is 4.79 Å². The number of aromatic nitrogens is 1. The standard InChI is InChI=1S/C25H33N5O7S/c1-38-10-8-18(25(36)37)28-24(35)20(12-21(31)32)30-23(34)19(29-22(33)17-7-4-9-26-17)11-14-13-27-16-6-3-2-5-15(14)16/h2-3,5-6,13,17-20,26-27H,4,7-12H2,1H3,(H,28,35)(H,29,33)(H,30,34)(H,31,32)(H,36,37). The number of benzene rings is 1. The highest BCUT2D eigenvalue weighted by Gasteiger charge is 2.33. The number of hydrogen-bond acceptors (Lipinski definition) is 7. The molecule has 0 spiro atoms. The maximum atomic E-state index is 13.4. The number of carbonyl (C=O) groups is 5. The highest BCUT2D eigenvalue weighted by atomic mass is 32.2. The van der Waals surface area contributed by atoms with Crippen LogP contribution in [0, 0.1) is 0 Å². The SMILES string of the molecule is CSCCC(NC(=O)C(CC(=O)O)NC(=O)C(Cc1c[nH]c2ccccc12)NC(=O)C1CCCN1)C(=O)O. The van der Waals surface area contributed by atoms with Crippen LogP contribution < -0.4 is 21.3 Å². The summed E-state index contributed by atoms with van der Waals surface area (Å²) in [6, 6.07) is 3.11. The molecule has 2 heterocycles. The summed E-state index contributed by atoms with van der Waals surface area (Å²) in [5.41, 5.74) is 1.60. The number of fused-ring (bicyclic) bond motifs is 1. The third-order valence-electron chi connectivity index (χ3n) is 6.35. The maximum absolute atomic E-state index is 13.4. The summed E-state index contributed by atoms with van der Waals surface area (Å²) in [5.74, 6) is -4.20. The summed E-state index contributed by atoms with van der Waals surface area (Å²) < 4.78 is 0. The Balaban J connectivity index is 1.80. The number of nitrogens with one attached hydrogen (secondary N) is 5. The Labute approximate surface area is 223 Å². The number of carbonyl (C=O) groups excluding carboxylic acids is 3. The van der Waals surface area contributed by atoms with Gasteiger partial charge in [-0.2, -0.15) is 11.8 Å². The molecule has 1 saturated heterocycles. The van der Waals surface area contributed by atoms with Gasteiger partial charge >= 0.3 is 11.9 Å². The van der Waals surface area contributed by atoms with Gasteiger partial charge in [-0.05, 0) is 49.4 Å². The van der Waals surface area contributed by atoms with Gasteiger partial charge in [-0.3, -0.25) is 19.2 Å². The van der Waals surface area contributed by atoms with Crippen molar-refractivity contribution in [1.82, 2.24) is 26.3 Å². The Bertz CT molecular complexity index is 1160. The summed E-state index contributed by atoms with van der Waals surface area (Å²) in [4.78, 5) is 65.3. The van der Waals surface area contributed by atoms with Crippen molar-refractivity contribution in [3.05, 3.63) is 36.0 Å². The molecular formula is C25H33N5O7S. The van der Waals surface area contributed by atoms with E-state index in [0.29, 0.717) is 18.7 Å².